The maximum Gasteiger partial charge on any atom is 0.223 e. The second-order valence-corrected chi connectivity index (χ2v) is 4.93. The minimum Gasteiger partial charge on any atom is -0.383 e. The van der Waals surface area contributed by atoms with Gasteiger partial charge in [-0.1, -0.05) is 0 Å². The van der Waals surface area contributed by atoms with Crippen LogP contribution < -0.4 is 16.8 Å². The highest BCUT2D eigenvalue weighted by molar-refractivity contribution is 5.49. The van der Waals surface area contributed by atoms with Gasteiger partial charge in [0, 0.05) is 18.7 Å². The smallest absolute Gasteiger partial charge is 0.223 e. The summed E-state index contributed by atoms with van der Waals surface area (Å²) in [7, 11) is 0. The number of hydrogen-bond acceptors (Lipinski definition) is 6. The van der Waals surface area contributed by atoms with Gasteiger partial charge in [-0.2, -0.15) is 9.97 Å². The highest BCUT2D eigenvalue weighted by Crippen LogP contribution is 2.29. The molecule has 0 aromatic carbocycles. The summed E-state index contributed by atoms with van der Waals surface area (Å²) in [5, 5.41) is 3.44. The Balaban J connectivity index is 1.74. The van der Waals surface area contributed by atoms with Crippen LogP contribution in [0.4, 0.5) is 17.6 Å². The highest BCUT2D eigenvalue weighted by Gasteiger charge is 2.34. The van der Waals surface area contributed by atoms with Crippen molar-refractivity contribution in [3.63, 3.8) is 0 Å². The summed E-state index contributed by atoms with van der Waals surface area (Å²) < 4.78 is 0. The van der Waals surface area contributed by atoms with Crippen LogP contribution in [0, 0.1) is 5.92 Å². The van der Waals surface area contributed by atoms with E-state index in [9.17, 15) is 0 Å². The lowest BCUT2D eigenvalue weighted by atomic mass is 9.84. The van der Waals surface area contributed by atoms with Crippen LogP contribution in [0.25, 0.3) is 0 Å². The Bertz CT molecular complexity index is 392. The molecule has 3 saturated heterocycles. The summed E-state index contributed by atoms with van der Waals surface area (Å²) in [6, 6.07) is 2.21. The molecule has 0 amide bonds. The number of nitrogens with zero attached hydrogens (tertiary/aromatic N) is 3. The fourth-order valence-electron chi connectivity index (χ4n) is 2.88. The second kappa shape index (κ2) is 4.03. The largest absolute Gasteiger partial charge is 0.383 e. The number of piperidine rings is 3. The first kappa shape index (κ1) is 10.6. The number of nitrogens with one attached hydrogen (secondary N) is 1. The van der Waals surface area contributed by atoms with Gasteiger partial charge in [0.2, 0.25) is 5.95 Å². The zero-order valence-electron chi connectivity index (χ0n) is 9.76. The molecule has 1 atom stereocenters. The quantitative estimate of drug-likeness (QED) is 0.674. The van der Waals surface area contributed by atoms with E-state index in [4.69, 9.17) is 11.5 Å². The molecule has 6 heteroatoms. The van der Waals surface area contributed by atoms with Crippen LogP contribution in [0.15, 0.2) is 6.07 Å². The summed E-state index contributed by atoms with van der Waals surface area (Å²) in [6.45, 7) is 3.56. The van der Waals surface area contributed by atoms with Gasteiger partial charge < -0.3 is 21.7 Å². The summed E-state index contributed by atoms with van der Waals surface area (Å²) in [4.78, 5) is 10.5. The molecule has 2 bridgehead atoms. The van der Waals surface area contributed by atoms with E-state index in [-0.39, 0.29) is 5.95 Å². The Kier molecular flexibility index (Phi) is 2.51. The van der Waals surface area contributed by atoms with Crippen LogP contribution in [-0.2, 0) is 0 Å². The predicted molar refractivity (Wildman–Crippen MR) is 67.4 cm³/mol. The van der Waals surface area contributed by atoms with Crippen LogP contribution in [0.3, 0.4) is 0 Å². The number of anilines is 3. The summed E-state index contributed by atoms with van der Waals surface area (Å²) >= 11 is 0. The van der Waals surface area contributed by atoms with Crippen molar-refractivity contribution in [2.24, 2.45) is 5.92 Å². The van der Waals surface area contributed by atoms with Gasteiger partial charge in [0.25, 0.3) is 0 Å². The van der Waals surface area contributed by atoms with E-state index in [1.54, 1.807) is 6.07 Å². The Labute approximate surface area is 100 Å². The molecule has 3 aliphatic heterocycles. The average molecular weight is 234 g/mol. The molecule has 1 unspecified atom stereocenters. The standard InChI is InChI=1S/C11H18N6/c12-9-5-10(16-11(13)15-9)14-8-6-17-3-1-7(8)2-4-17/h5,7-8H,1-4,6H2,(H5,12,13,14,15,16). The minimum atomic E-state index is 0.230. The molecule has 3 fully saturated rings. The number of nitrogen functional groups attached to an aromatic ring is 2. The number of hydrogen-bond donors (Lipinski definition) is 3. The summed E-state index contributed by atoms with van der Waals surface area (Å²) in [6.07, 6.45) is 2.54. The average Bonchev–Trinajstić information content (AvgIpc) is 2.29. The van der Waals surface area contributed by atoms with Crippen molar-refractivity contribution in [3.05, 3.63) is 6.07 Å². The fourth-order valence-corrected chi connectivity index (χ4v) is 2.88. The first-order valence-corrected chi connectivity index (χ1v) is 6.09. The van der Waals surface area contributed by atoms with Gasteiger partial charge in [-0.25, -0.2) is 0 Å². The van der Waals surface area contributed by atoms with Crippen molar-refractivity contribution in [2.45, 2.75) is 18.9 Å². The SMILES string of the molecule is Nc1cc(NC2CN3CCC2CC3)nc(N)n1. The van der Waals surface area contributed by atoms with Crippen molar-refractivity contribution in [1.82, 2.24) is 14.9 Å². The third kappa shape index (κ3) is 2.12. The molecule has 0 spiro atoms. The fraction of sp³-hybridized carbons (Fsp3) is 0.636. The van der Waals surface area contributed by atoms with Crippen molar-refractivity contribution < 1.29 is 0 Å². The second-order valence-electron chi connectivity index (χ2n) is 4.93. The van der Waals surface area contributed by atoms with Crippen LogP contribution in [-0.4, -0.2) is 40.5 Å². The normalized spacial score (nSPS) is 31.4. The Hall–Kier alpha value is -1.56. The van der Waals surface area contributed by atoms with Crippen molar-refractivity contribution in [2.75, 3.05) is 36.4 Å². The van der Waals surface area contributed by atoms with Crippen LogP contribution in [0.5, 0.6) is 0 Å². The van der Waals surface area contributed by atoms with Gasteiger partial charge in [0.15, 0.2) is 0 Å². The van der Waals surface area contributed by atoms with Gasteiger partial charge >= 0.3 is 0 Å². The van der Waals surface area contributed by atoms with Gasteiger partial charge in [0.05, 0.1) is 0 Å². The first-order chi connectivity index (χ1) is 8.20. The highest BCUT2D eigenvalue weighted by atomic mass is 15.2. The number of fused-ring (bicyclic) bond motifs is 3. The molecule has 92 valence electrons. The molecular weight excluding hydrogens is 216 g/mol. The van der Waals surface area contributed by atoms with Gasteiger partial charge in [-0.15, -0.1) is 0 Å². The first-order valence-electron chi connectivity index (χ1n) is 6.09. The van der Waals surface area contributed by atoms with Crippen molar-refractivity contribution in [3.8, 4) is 0 Å². The third-order valence-corrected chi connectivity index (χ3v) is 3.75. The predicted octanol–water partition coefficient (Wildman–Crippen LogP) is 0.147. The maximum atomic E-state index is 5.66. The van der Waals surface area contributed by atoms with Crippen LogP contribution >= 0.6 is 0 Å². The Morgan fingerprint density at radius 3 is 2.59 bits per heavy atom. The zero-order chi connectivity index (χ0) is 11.8. The molecule has 0 radical (unpaired) electrons. The molecule has 5 N–H and O–H groups in total. The topological polar surface area (TPSA) is 93.1 Å². The lowest BCUT2D eigenvalue weighted by Gasteiger charge is -2.45. The maximum absolute atomic E-state index is 5.66. The lowest BCUT2D eigenvalue weighted by molar-refractivity contribution is 0.0974. The number of rotatable bonds is 2. The summed E-state index contributed by atoms with van der Waals surface area (Å²) in [5.41, 5.74) is 11.2. The van der Waals surface area contributed by atoms with E-state index >= 15 is 0 Å². The molecule has 4 rings (SSSR count). The summed E-state index contributed by atoms with van der Waals surface area (Å²) in [5.74, 6) is 2.14. The van der Waals surface area contributed by atoms with Crippen LogP contribution in [0.1, 0.15) is 12.8 Å². The molecule has 17 heavy (non-hydrogen) atoms. The molecule has 0 saturated carbocycles. The van der Waals surface area contributed by atoms with E-state index in [1.165, 1.54) is 25.9 Å². The van der Waals surface area contributed by atoms with Crippen molar-refractivity contribution in [1.29, 1.82) is 0 Å². The van der Waals surface area contributed by atoms with E-state index in [0.29, 0.717) is 11.9 Å². The van der Waals surface area contributed by atoms with E-state index in [1.807, 2.05) is 0 Å². The van der Waals surface area contributed by atoms with Gasteiger partial charge in [-0.05, 0) is 31.8 Å². The molecule has 4 heterocycles. The Morgan fingerprint density at radius 2 is 2.00 bits per heavy atom. The molecular formula is C11H18N6. The molecule has 0 aliphatic carbocycles. The zero-order valence-corrected chi connectivity index (χ0v) is 9.76. The van der Waals surface area contributed by atoms with Gasteiger partial charge in [0.1, 0.15) is 11.6 Å². The third-order valence-electron chi connectivity index (χ3n) is 3.75. The van der Waals surface area contributed by atoms with E-state index in [0.717, 1.165) is 18.3 Å². The molecule has 1 aromatic rings. The number of aromatic nitrogens is 2. The van der Waals surface area contributed by atoms with E-state index in [2.05, 4.69) is 20.2 Å². The number of nitrogens with two attached hydrogens (primary N) is 2. The van der Waals surface area contributed by atoms with Crippen LogP contribution in [0.2, 0.25) is 0 Å². The molecule has 6 nitrogen and oxygen atoms in total. The van der Waals surface area contributed by atoms with E-state index < -0.39 is 0 Å². The minimum absolute atomic E-state index is 0.230. The van der Waals surface area contributed by atoms with Gasteiger partial charge in [-0.3, -0.25) is 0 Å². The molecule has 1 aromatic heterocycles. The Morgan fingerprint density at radius 1 is 1.24 bits per heavy atom. The monoisotopic (exact) mass is 234 g/mol. The molecule has 3 aliphatic rings. The van der Waals surface area contributed by atoms with Crippen molar-refractivity contribution >= 4 is 17.6 Å². The lowest BCUT2D eigenvalue weighted by Crippen LogP contribution is -2.53.